The molecule has 1 aliphatic rings. The third-order valence-corrected chi connectivity index (χ3v) is 7.76. The lowest BCUT2D eigenvalue weighted by molar-refractivity contribution is -0.134. The topological polar surface area (TPSA) is 108 Å². The van der Waals surface area contributed by atoms with Crippen LogP contribution >= 0.6 is 11.8 Å². The summed E-state index contributed by atoms with van der Waals surface area (Å²) in [5.74, 6) is 0.0221. The molecule has 8 nitrogen and oxygen atoms in total. The first-order valence-electron chi connectivity index (χ1n) is 11.0. The highest BCUT2D eigenvalue weighted by Gasteiger charge is 2.30. The number of nitrogens with two attached hydrogens (primary N) is 1. The fourth-order valence-electron chi connectivity index (χ4n) is 3.83. The van der Waals surface area contributed by atoms with Crippen LogP contribution in [0.4, 0.5) is 0 Å². The maximum absolute atomic E-state index is 13.5. The van der Waals surface area contributed by atoms with Gasteiger partial charge in [0, 0.05) is 19.6 Å². The van der Waals surface area contributed by atoms with Gasteiger partial charge in [-0.05, 0) is 30.2 Å². The summed E-state index contributed by atoms with van der Waals surface area (Å²) in [4.78, 5) is 20.2. The number of aryl methyl sites for hydroxylation is 1. The van der Waals surface area contributed by atoms with E-state index in [1.807, 2.05) is 35.2 Å². The van der Waals surface area contributed by atoms with Crippen LogP contribution in [-0.2, 0) is 26.1 Å². The molecule has 0 radical (unpaired) electrons. The molecule has 10 heteroatoms. The zero-order valence-electron chi connectivity index (χ0n) is 18.5. The summed E-state index contributed by atoms with van der Waals surface area (Å²) in [6, 6.07) is 14.4. The Morgan fingerprint density at radius 1 is 1.18 bits per heavy atom. The van der Waals surface area contributed by atoms with E-state index in [4.69, 9.17) is 14.9 Å². The Hall–Kier alpha value is -2.40. The molecule has 0 unspecified atom stereocenters. The average molecular weight is 489 g/mol. The van der Waals surface area contributed by atoms with E-state index in [1.165, 1.54) is 23.9 Å². The molecular formula is C23H28N4O4S2. The van der Waals surface area contributed by atoms with Gasteiger partial charge in [-0.3, -0.25) is 4.79 Å². The summed E-state index contributed by atoms with van der Waals surface area (Å²) in [5, 5.41) is 5.53. The van der Waals surface area contributed by atoms with Gasteiger partial charge >= 0.3 is 0 Å². The average Bonchev–Trinajstić information content (AvgIpc) is 3.17. The SMILES string of the molecule is CCCCn1c(S[C@H](C(=O)N2CCOCC2)c2ccccc2)nc2cc(S(N)(=O)=O)ccc21. The maximum Gasteiger partial charge on any atom is 0.240 e. The summed E-state index contributed by atoms with van der Waals surface area (Å²) in [6.45, 7) is 5.02. The molecule has 0 spiro atoms. The predicted octanol–water partition coefficient (Wildman–Crippen LogP) is 3.18. The van der Waals surface area contributed by atoms with Gasteiger partial charge in [-0.2, -0.15) is 0 Å². The third-order valence-electron chi connectivity index (χ3n) is 5.62. The smallest absolute Gasteiger partial charge is 0.240 e. The second-order valence-electron chi connectivity index (χ2n) is 7.94. The van der Waals surface area contributed by atoms with Gasteiger partial charge in [0.15, 0.2) is 5.16 Å². The molecule has 3 aromatic rings. The molecule has 0 bridgehead atoms. The van der Waals surface area contributed by atoms with Crippen LogP contribution in [-0.4, -0.2) is 55.1 Å². The van der Waals surface area contributed by atoms with Crippen LogP contribution in [0.5, 0.6) is 0 Å². The standard InChI is InChI=1S/C23H28N4O4S2/c1-2-3-11-27-20-10-9-18(33(24,29)30)16-19(20)25-23(27)32-21(17-7-5-4-6-8-17)22(28)26-12-14-31-15-13-26/h4-10,16,21H,2-3,11-15H2,1H3,(H2,24,29,30)/t21-/m0/s1. The number of aromatic nitrogens is 2. The molecule has 2 heterocycles. The number of fused-ring (bicyclic) bond motifs is 1. The quantitative estimate of drug-likeness (QED) is 0.488. The Bertz CT molecular complexity index is 1220. The number of ether oxygens (including phenoxy) is 1. The lowest BCUT2D eigenvalue weighted by Crippen LogP contribution is -2.42. The van der Waals surface area contributed by atoms with Gasteiger partial charge < -0.3 is 14.2 Å². The number of hydrogen-bond donors (Lipinski definition) is 1. The monoisotopic (exact) mass is 488 g/mol. The first-order valence-corrected chi connectivity index (χ1v) is 13.4. The van der Waals surface area contributed by atoms with E-state index >= 15 is 0 Å². The van der Waals surface area contributed by atoms with Crippen LogP contribution in [0.15, 0.2) is 58.6 Å². The normalized spacial score (nSPS) is 15.6. The summed E-state index contributed by atoms with van der Waals surface area (Å²) < 4.78 is 31.2. The lowest BCUT2D eigenvalue weighted by atomic mass is 10.1. The zero-order chi connectivity index (χ0) is 23.4. The minimum absolute atomic E-state index is 0.0221. The van der Waals surface area contributed by atoms with E-state index in [0.717, 1.165) is 30.5 Å². The van der Waals surface area contributed by atoms with Gasteiger partial charge in [0.2, 0.25) is 15.9 Å². The molecule has 4 rings (SSSR count). The Kier molecular flexibility index (Phi) is 7.38. The Labute approximate surface area is 198 Å². The molecule has 2 aromatic carbocycles. The van der Waals surface area contributed by atoms with Gasteiger partial charge in [-0.1, -0.05) is 55.4 Å². The maximum atomic E-state index is 13.5. The lowest BCUT2D eigenvalue weighted by Gasteiger charge is -2.30. The molecule has 1 aliphatic heterocycles. The molecule has 176 valence electrons. The number of benzene rings is 2. The third kappa shape index (κ3) is 5.40. The van der Waals surface area contributed by atoms with E-state index in [-0.39, 0.29) is 10.8 Å². The Morgan fingerprint density at radius 2 is 1.91 bits per heavy atom. The van der Waals surface area contributed by atoms with E-state index in [2.05, 4.69) is 11.5 Å². The van der Waals surface area contributed by atoms with Gasteiger partial charge in [0.05, 0.1) is 29.1 Å². The van der Waals surface area contributed by atoms with E-state index in [0.29, 0.717) is 37.0 Å². The van der Waals surface area contributed by atoms with Crippen molar-refractivity contribution >= 4 is 38.7 Å². The molecule has 1 saturated heterocycles. The summed E-state index contributed by atoms with van der Waals surface area (Å²) >= 11 is 1.40. The fourth-order valence-corrected chi connectivity index (χ4v) is 5.59. The molecule has 33 heavy (non-hydrogen) atoms. The minimum atomic E-state index is -3.84. The number of unbranched alkanes of at least 4 members (excludes halogenated alkanes) is 1. The van der Waals surface area contributed by atoms with Gasteiger partial charge in [-0.25, -0.2) is 18.5 Å². The van der Waals surface area contributed by atoms with Crippen molar-refractivity contribution in [3.8, 4) is 0 Å². The van der Waals surface area contributed by atoms with Gasteiger partial charge in [-0.15, -0.1) is 0 Å². The molecule has 1 amide bonds. The highest BCUT2D eigenvalue weighted by molar-refractivity contribution is 8.00. The number of hydrogen-bond acceptors (Lipinski definition) is 6. The highest BCUT2D eigenvalue weighted by atomic mass is 32.2. The number of imidazole rings is 1. The second kappa shape index (κ2) is 10.3. The summed E-state index contributed by atoms with van der Waals surface area (Å²) in [5.41, 5.74) is 2.27. The Morgan fingerprint density at radius 3 is 2.58 bits per heavy atom. The molecule has 0 aliphatic carbocycles. The van der Waals surface area contributed by atoms with Crippen molar-refractivity contribution in [3.05, 3.63) is 54.1 Å². The van der Waals surface area contributed by atoms with Crippen molar-refractivity contribution in [2.24, 2.45) is 5.14 Å². The fraction of sp³-hybridized carbons (Fsp3) is 0.391. The van der Waals surface area contributed by atoms with Gasteiger partial charge in [0.1, 0.15) is 5.25 Å². The van der Waals surface area contributed by atoms with Crippen LogP contribution in [0.2, 0.25) is 0 Å². The minimum Gasteiger partial charge on any atom is -0.378 e. The van der Waals surface area contributed by atoms with Crippen molar-refractivity contribution in [1.82, 2.24) is 14.5 Å². The molecular weight excluding hydrogens is 460 g/mol. The highest BCUT2D eigenvalue weighted by Crippen LogP contribution is 2.38. The number of carbonyl (C=O) groups is 1. The van der Waals surface area contributed by atoms with Crippen LogP contribution in [0.3, 0.4) is 0 Å². The van der Waals surface area contributed by atoms with Crippen LogP contribution in [0, 0.1) is 0 Å². The van der Waals surface area contributed by atoms with Crippen molar-refractivity contribution in [2.75, 3.05) is 26.3 Å². The first kappa shape index (κ1) is 23.7. The van der Waals surface area contributed by atoms with E-state index in [9.17, 15) is 13.2 Å². The molecule has 0 saturated carbocycles. The van der Waals surface area contributed by atoms with E-state index in [1.54, 1.807) is 6.07 Å². The summed E-state index contributed by atoms with van der Waals surface area (Å²) in [7, 11) is -3.84. The molecule has 1 aromatic heterocycles. The van der Waals surface area contributed by atoms with Crippen LogP contribution in [0.1, 0.15) is 30.6 Å². The zero-order valence-corrected chi connectivity index (χ0v) is 20.1. The van der Waals surface area contributed by atoms with Crippen molar-refractivity contribution in [3.63, 3.8) is 0 Å². The van der Waals surface area contributed by atoms with E-state index < -0.39 is 15.3 Å². The molecule has 1 fully saturated rings. The molecule has 2 N–H and O–H groups in total. The summed E-state index contributed by atoms with van der Waals surface area (Å²) in [6.07, 6.45) is 1.93. The first-order chi connectivity index (χ1) is 15.9. The second-order valence-corrected chi connectivity index (χ2v) is 10.6. The van der Waals surface area contributed by atoms with Gasteiger partial charge in [0.25, 0.3) is 0 Å². The van der Waals surface area contributed by atoms with Crippen LogP contribution in [0.25, 0.3) is 11.0 Å². The van der Waals surface area contributed by atoms with Crippen LogP contribution < -0.4 is 5.14 Å². The van der Waals surface area contributed by atoms with Crippen molar-refractivity contribution < 1.29 is 17.9 Å². The number of amides is 1. The number of rotatable bonds is 8. The van der Waals surface area contributed by atoms with Crippen molar-refractivity contribution in [2.45, 2.75) is 41.6 Å². The number of sulfonamides is 1. The van der Waals surface area contributed by atoms with Crippen molar-refractivity contribution in [1.29, 1.82) is 0 Å². The number of carbonyl (C=O) groups excluding carboxylic acids is 1. The Balaban J connectivity index is 1.76. The number of thioether (sulfide) groups is 1. The molecule has 1 atom stereocenters. The largest absolute Gasteiger partial charge is 0.378 e. The number of morpholine rings is 1. The number of primary sulfonamides is 1. The predicted molar refractivity (Wildman–Crippen MR) is 128 cm³/mol. The number of nitrogens with zero attached hydrogens (tertiary/aromatic N) is 3.